The maximum atomic E-state index is 3.84. The first-order valence-corrected chi connectivity index (χ1v) is 8.30. The van der Waals surface area contributed by atoms with Crippen LogP contribution in [-0.4, -0.2) is 31.6 Å². The molecule has 1 aliphatic heterocycles. The van der Waals surface area contributed by atoms with Gasteiger partial charge in [-0.25, -0.2) is 0 Å². The number of hydrogen-bond acceptors (Lipinski definition) is 2. The van der Waals surface area contributed by atoms with E-state index >= 15 is 0 Å². The van der Waals surface area contributed by atoms with E-state index in [0.29, 0.717) is 6.04 Å². The molecule has 1 aromatic rings. The Balaban J connectivity index is 1.46. The van der Waals surface area contributed by atoms with Gasteiger partial charge in [-0.2, -0.15) is 0 Å². The summed E-state index contributed by atoms with van der Waals surface area (Å²) in [7, 11) is 2.24. The summed E-state index contributed by atoms with van der Waals surface area (Å²) in [6.07, 6.45) is 6.93. The van der Waals surface area contributed by atoms with Crippen molar-refractivity contribution in [2.24, 2.45) is 11.8 Å². The van der Waals surface area contributed by atoms with Gasteiger partial charge < -0.3 is 10.2 Å². The summed E-state index contributed by atoms with van der Waals surface area (Å²) in [5, 5.41) is 3.84. The van der Waals surface area contributed by atoms with E-state index in [1.165, 1.54) is 57.3 Å². The summed E-state index contributed by atoms with van der Waals surface area (Å²) < 4.78 is 0. The second kappa shape index (κ2) is 6.73. The summed E-state index contributed by atoms with van der Waals surface area (Å²) in [6, 6.07) is 11.6. The minimum absolute atomic E-state index is 0.600. The number of rotatable bonds is 6. The Kier molecular flexibility index (Phi) is 4.74. The second-order valence-corrected chi connectivity index (χ2v) is 6.72. The summed E-state index contributed by atoms with van der Waals surface area (Å²) in [6.45, 7) is 3.76. The fourth-order valence-electron chi connectivity index (χ4n) is 3.44. The molecule has 2 fully saturated rings. The lowest BCUT2D eigenvalue weighted by molar-refractivity contribution is 0.210. The van der Waals surface area contributed by atoms with Gasteiger partial charge in [-0.1, -0.05) is 30.3 Å². The molecule has 110 valence electrons. The van der Waals surface area contributed by atoms with E-state index in [4.69, 9.17) is 0 Å². The molecule has 0 amide bonds. The highest BCUT2D eigenvalue weighted by molar-refractivity contribution is 5.21. The van der Waals surface area contributed by atoms with Crippen molar-refractivity contribution in [1.82, 2.24) is 10.2 Å². The Morgan fingerprint density at radius 3 is 2.45 bits per heavy atom. The van der Waals surface area contributed by atoms with Gasteiger partial charge in [0.2, 0.25) is 0 Å². The lowest BCUT2D eigenvalue weighted by Crippen LogP contribution is -2.32. The van der Waals surface area contributed by atoms with Crippen molar-refractivity contribution in [2.45, 2.75) is 38.1 Å². The molecule has 0 spiro atoms. The summed E-state index contributed by atoms with van der Waals surface area (Å²) in [5.74, 6) is 1.82. The van der Waals surface area contributed by atoms with E-state index in [9.17, 15) is 0 Å². The second-order valence-electron chi connectivity index (χ2n) is 6.72. The van der Waals surface area contributed by atoms with Crippen LogP contribution in [0, 0.1) is 11.8 Å². The topological polar surface area (TPSA) is 15.3 Å². The minimum atomic E-state index is 0.600. The molecule has 0 radical (unpaired) electrons. The number of benzene rings is 1. The maximum Gasteiger partial charge on any atom is 0.0348 e. The molecule has 1 heterocycles. The van der Waals surface area contributed by atoms with Crippen LogP contribution in [0.4, 0.5) is 0 Å². The Bertz CT molecular complexity index is 391. The molecule has 0 aromatic heterocycles. The Morgan fingerprint density at radius 1 is 1.10 bits per heavy atom. The fraction of sp³-hybridized carbons (Fsp3) is 0.667. The lowest BCUT2D eigenvalue weighted by atomic mass is 9.93. The van der Waals surface area contributed by atoms with E-state index in [0.717, 1.165) is 11.8 Å². The molecule has 1 saturated carbocycles. The zero-order chi connectivity index (χ0) is 13.8. The van der Waals surface area contributed by atoms with Gasteiger partial charge in [0.25, 0.3) is 0 Å². The van der Waals surface area contributed by atoms with Gasteiger partial charge >= 0.3 is 0 Å². The highest BCUT2D eigenvalue weighted by atomic mass is 15.1. The van der Waals surface area contributed by atoms with Crippen LogP contribution in [-0.2, 0) is 0 Å². The summed E-state index contributed by atoms with van der Waals surface area (Å²) >= 11 is 0. The van der Waals surface area contributed by atoms with Crippen LogP contribution in [0.1, 0.15) is 43.7 Å². The van der Waals surface area contributed by atoms with Crippen LogP contribution in [0.15, 0.2) is 30.3 Å². The zero-order valence-electron chi connectivity index (χ0n) is 12.7. The van der Waals surface area contributed by atoms with Crippen LogP contribution in [0.25, 0.3) is 0 Å². The van der Waals surface area contributed by atoms with Crippen LogP contribution >= 0.6 is 0 Å². The third-order valence-corrected chi connectivity index (χ3v) is 5.01. The molecule has 2 aliphatic rings. The van der Waals surface area contributed by atoms with E-state index < -0.39 is 0 Å². The largest absolute Gasteiger partial charge is 0.310 e. The van der Waals surface area contributed by atoms with Gasteiger partial charge in [-0.3, -0.25) is 0 Å². The number of nitrogens with zero attached hydrogens (tertiary/aromatic N) is 1. The average Bonchev–Trinajstić information content (AvgIpc) is 3.31. The van der Waals surface area contributed by atoms with Gasteiger partial charge in [0.05, 0.1) is 0 Å². The molecule has 1 unspecified atom stereocenters. The predicted molar refractivity (Wildman–Crippen MR) is 84.7 cm³/mol. The Labute approximate surface area is 123 Å². The molecular formula is C18H28N2. The molecule has 2 nitrogen and oxygen atoms in total. The molecule has 20 heavy (non-hydrogen) atoms. The first-order chi connectivity index (χ1) is 9.83. The predicted octanol–water partition coefficient (Wildman–Crippen LogP) is 3.46. The molecule has 2 heteroatoms. The van der Waals surface area contributed by atoms with E-state index in [1.807, 2.05) is 0 Å². The number of hydrogen-bond donors (Lipinski definition) is 1. The highest BCUT2D eigenvalue weighted by Gasteiger charge is 2.31. The van der Waals surface area contributed by atoms with E-state index in [-0.39, 0.29) is 0 Å². The van der Waals surface area contributed by atoms with Crippen molar-refractivity contribution < 1.29 is 0 Å². The van der Waals surface area contributed by atoms with Crippen LogP contribution in [0.3, 0.4) is 0 Å². The van der Waals surface area contributed by atoms with Crippen molar-refractivity contribution in [2.75, 3.05) is 26.7 Å². The standard InChI is InChI=1S/C18H28N2/c1-20-13-10-15(11-14-20)9-12-19-18(17-7-8-17)16-5-3-2-4-6-16/h2-6,15,17-19H,7-14H2,1H3. The summed E-state index contributed by atoms with van der Waals surface area (Å²) in [5.41, 5.74) is 1.48. The molecule has 3 rings (SSSR count). The number of nitrogens with one attached hydrogen (secondary N) is 1. The van der Waals surface area contributed by atoms with Gasteiger partial charge in [-0.05, 0) is 76.2 Å². The van der Waals surface area contributed by atoms with Gasteiger partial charge in [0.1, 0.15) is 0 Å². The minimum Gasteiger partial charge on any atom is -0.310 e. The van der Waals surface area contributed by atoms with Crippen molar-refractivity contribution in [3.05, 3.63) is 35.9 Å². The van der Waals surface area contributed by atoms with Crippen LogP contribution in [0.5, 0.6) is 0 Å². The molecule has 0 bridgehead atoms. The molecule has 1 atom stereocenters. The van der Waals surface area contributed by atoms with Gasteiger partial charge in [0, 0.05) is 6.04 Å². The fourth-order valence-corrected chi connectivity index (χ4v) is 3.44. The number of likely N-dealkylation sites (tertiary alicyclic amines) is 1. The molecule has 1 saturated heterocycles. The average molecular weight is 272 g/mol. The molecule has 1 N–H and O–H groups in total. The molecule has 1 aromatic carbocycles. The van der Waals surface area contributed by atoms with Crippen molar-refractivity contribution in [1.29, 1.82) is 0 Å². The highest BCUT2D eigenvalue weighted by Crippen LogP contribution is 2.40. The first-order valence-electron chi connectivity index (χ1n) is 8.30. The smallest absolute Gasteiger partial charge is 0.0348 e. The first kappa shape index (κ1) is 14.1. The van der Waals surface area contributed by atoms with Gasteiger partial charge in [0.15, 0.2) is 0 Å². The lowest BCUT2D eigenvalue weighted by Gasteiger charge is -2.29. The van der Waals surface area contributed by atoms with Gasteiger partial charge in [-0.15, -0.1) is 0 Å². The third-order valence-electron chi connectivity index (χ3n) is 5.01. The Hall–Kier alpha value is -0.860. The van der Waals surface area contributed by atoms with Crippen molar-refractivity contribution in [3.63, 3.8) is 0 Å². The molecule has 1 aliphatic carbocycles. The zero-order valence-corrected chi connectivity index (χ0v) is 12.7. The Morgan fingerprint density at radius 2 is 1.80 bits per heavy atom. The quantitative estimate of drug-likeness (QED) is 0.853. The summed E-state index contributed by atoms with van der Waals surface area (Å²) in [4.78, 5) is 2.46. The van der Waals surface area contributed by atoms with Crippen LogP contribution in [0.2, 0.25) is 0 Å². The number of piperidine rings is 1. The SMILES string of the molecule is CN1CCC(CCNC(c2ccccc2)C2CC2)CC1. The van der Waals surface area contributed by atoms with E-state index in [1.54, 1.807) is 0 Å². The third kappa shape index (κ3) is 3.83. The molecular weight excluding hydrogens is 244 g/mol. The van der Waals surface area contributed by atoms with E-state index in [2.05, 4.69) is 47.6 Å². The normalized spacial score (nSPS) is 22.9. The van der Waals surface area contributed by atoms with Crippen molar-refractivity contribution >= 4 is 0 Å². The maximum absolute atomic E-state index is 3.84. The van der Waals surface area contributed by atoms with Crippen molar-refractivity contribution in [3.8, 4) is 0 Å². The van der Waals surface area contributed by atoms with Crippen LogP contribution < -0.4 is 5.32 Å². The monoisotopic (exact) mass is 272 g/mol.